The quantitative estimate of drug-likeness (QED) is 0.340. The third kappa shape index (κ3) is 3.93. The van der Waals surface area contributed by atoms with Gasteiger partial charge in [0.25, 0.3) is 5.56 Å². The van der Waals surface area contributed by atoms with Crippen molar-refractivity contribution in [2.24, 2.45) is 0 Å². The maximum absolute atomic E-state index is 13.2. The summed E-state index contributed by atoms with van der Waals surface area (Å²) < 4.78 is 1.72. The second-order valence-electron chi connectivity index (χ2n) is 6.98. The molecule has 0 saturated heterocycles. The van der Waals surface area contributed by atoms with Crippen molar-refractivity contribution in [3.63, 3.8) is 0 Å². The summed E-state index contributed by atoms with van der Waals surface area (Å²) in [6, 6.07) is 3.42. The van der Waals surface area contributed by atoms with Crippen LogP contribution in [-0.4, -0.2) is 25.7 Å². The van der Waals surface area contributed by atoms with E-state index < -0.39 is 5.25 Å². The molecule has 3 aromatic heterocycles. The van der Waals surface area contributed by atoms with Crippen molar-refractivity contribution in [3.05, 3.63) is 44.3 Å². The van der Waals surface area contributed by atoms with Gasteiger partial charge in [0.2, 0.25) is 5.91 Å². The SMILES string of the molecule is CCCn1c(SC(C)C(=O)Nc2cccnc2Cl)nc2sc3c(c2c1=O)CCC3. The molecule has 0 spiro atoms. The van der Waals surface area contributed by atoms with Crippen molar-refractivity contribution in [2.45, 2.75) is 56.5 Å². The number of carbonyl (C=O) groups excluding carboxylic acids is 1. The Labute approximate surface area is 181 Å². The Morgan fingerprint density at radius 3 is 3.03 bits per heavy atom. The minimum Gasteiger partial charge on any atom is -0.322 e. The van der Waals surface area contributed by atoms with Gasteiger partial charge in [-0.15, -0.1) is 11.3 Å². The molecular formula is C20H21ClN4O2S2. The van der Waals surface area contributed by atoms with Crippen molar-refractivity contribution in [2.75, 3.05) is 5.32 Å². The highest BCUT2D eigenvalue weighted by Gasteiger charge is 2.25. The Morgan fingerprint density at radius 1 is 1.45 bits per heavy atom. The number of anilines is 1. The number of thiophene rings is 1. The minimum absolute atomic E-state index is 0.0154. The number of aryl methyl sites for hydroxylation is 2. The van der Waals surface area contributed by atoms with Gasteiger partial charge in [-0.1, -0.05) is 30.3 Å². The first-order valence-electron chi connectivity index (χ1n) is 9.62. The number of nitrogens with zero attached hydrogens (tertiary/aromatic N) is 3. The first-order chi connectivity index (χ1) is 14.0. The number of aromatic nitrogens is 3. The van der Waals surface area contributed by atoms with Crippen LogP contribution in [-0.2, 0) is 24.2 Å². The second-order valence-corrected chi connectivity index (χ2v) is 9.73. The van der Waals surface area contributed by atoms with E-state index in [0.29, 0.717) is 17.4 Å². The van der Waals surface area contributed by atoms with Gasteiger partial charge in [0.05, 0.1) is 16.3 Å². The fraction of sp³-hybridized carbons (Fsp3) is 0.400. The van der Waals surface area contributed by atoms with Crippen LogP contribution in [0, 0.1) is 0 Å². The summed E-state index contributed by atoms with van der Waals surface area (Å²) in [5.41, 5.74) is 1.67. The Morgan fingerprint density at radius 2 is 2.28 bits per heavy atom. The van der Waals surface area contributed by atoms with Crippen LogP contribution in [0.3, 0.4) is 0 Å². The average Bonchev–Trinajstić information content (AvgIpc) is 3.27. The van der Waals surface area contributed by atoms with Gasteiger partial charge >= 0.3 is 0 Å². The zero-order valence-electron chi connectivity index (χ0n) is 16.2. The zero-order chi connectivity index (χ0) is 20.5. The van der Waals surface area contributed by atoms with Crippen LogP contribution in [0.1, 0.15) is 37.1 Å². The van der Waals surface area contributed by atoms with Gasteiger partial charge < -0.3 is 5.32 Å². The highest BCUT2D eigenvalue weighted by molar-refractivity contribution is 8.00. The molecule has 152 valence electrons. The largest absolute Gasteiger partial charge is 0.322 e. The van der Waals surface area contributed by atoms with Gasteiger partial charge in [0.1, 0.15) is 4.83 Å². The number of nitrogens with one attached hydrogen (secondary N) is 1. The molecule has 1 amide bonds. The maximum Gasteiger partial charge on any atom is 0.263 e. The van der Waals surface area contributed by atoms with E-state index in [1.807, 2.05) is 6.92 Å². The van der Waals surface area contributed by atoms with E-state index in [0.717, 1.165) is 35.9 Å². The van der Waals surface area contributed by atoms with Crippen LogP contribution in [0.15, 0.2) is 28.3 Å². The number of thioether (sulfide) groups is 1. The monoisotopic (exact) mass is 448 g/mol. The van der Waals surface area contributed by atoms with Gasteiger partial charge in [-0.05, 0) is 50.3 Å². The van der Waals surface area contributed by atoms with Crippen molar-refractivity contribution in [3.8, 4) is 0 Å². The van der Waals surface area contributed by atoms with E-state index >= 15 is 0 Å². The van der Waals surface area contributed by atoms with Crippen LogP contribution in [0.4, 0.5) is 5.69 Å². The van der Waals surface area contributed by atoms with Crippen molar-refractivity contribution in [1.29, 1.82) is 0 Å². The molecule has 29 heavy (non-hydrogen) atoms. The predicted octanol–water partition coefficient (Wildman–Crippen LogP) is 4.52. The number of halogens is 1. The highest BCUT2D eigenvalue weighted by atomic mass is 35.5. The Bertz CT molecular complexity index is 1140. The molecule has 0 fully saturated rings. The lowest BCUT2D eigenvalue weighted by atomic mass is 10.2. The van der Waals surface area contributed by atoms with Gasteiger partial charge in [-0.3, -0.25) is 14.2 Å². The third-order valence-electron chi connectivity index (χ3n) is 4.91. The second kappa shape index (κ2) is 8.45. The summed E-state index contributed by atoms with van der Waals surface area (Å²) in [6.45, 7) is 4.41. The fourth-order valence-corrected chi connectivity index (χ4v) is 5.90. The first kappa shape index (κ1) is 20.4. The molecule has 9 heteroatoms. The molecule has 0 aromatic carbocycles. The molecule has 0 radical (unpaired) electrons. The molecule has 0 bridgehead atoms. The van der Waals surface area contributed by atoms with E-state index in [4.69, 9.17) is 16.6 Å². The van der Waals surface area contributed by atoms with Gasteiger partial charge in [-0.25, -0.2) is 9.97 Å². The molecule has 1 N–H and O–H groups in total. The van der Waals surface area contributed by atoms with E-state index in [1.54, 1.807) is 41.2 Å². The normalized spacial score (nSPS) is 14.2. The van der Waals surface area contributed by atoms with E-state index in [-0.39, 0.29) is 16.6 Å². The van der Waals surface area contributed by atoms with Gasteiger partial charge in [0.15, 0.2) is 10.3 Å². The van der Waals surface area contributed by atoms with Crippen LogP contribution in [0.25, 0.3) is 10.2 Å². The Kier molecular flexibility index (Phi) is 5.94. The molecule has 0 aliphatic heterocycles. The van der Waals surface area contributed by atoms with E-state index in [1.165, 1.54) is 22.2 Å². The summed E-state index contributed by atoms with van der Waals surface area (Å²) in [4.78, 5) is 36.7. The van der Waals surface area contributed by atoms with Crippen LogP contribution in [0.2, 0.25) is 5.15 Å². The molecular weight excluding hydrogens is 428 g/mol. The molecule has 1 aliphatic rings. The number of carbonyl (C=O) groups is 1. The van der Waals surface area contributed by atoms with Crippen LogP contribution >= 0.6 is 34.7 Å². The number of amides is 1. The van der Waals surface area contributed by atoms with Crippen LogP contribution in [0.5, 0.6) is 0 Å². The maximum atomic E-state index is 13.2. The number of pyridine rings is 1. The predicted molar refractivity (Wildman–Crippen MR) is 119 cm³/mol. The van der Waals surface area contributed by atoms with E-state index in [2.05, 4.69) is 10.3 Å². The van der Waals surface area contributed by atoms with Crippen molar-refractivity contribution >= 4 is 56.5 Å². The smallest absolute Gasteiger partial charge is 0.263 e. The summed E-state index contributed by atoms with van der Waals surface area (Å²) in [5, 5.41) is 3.95. The Hall–Kier alpha value is -1.90. The number of hydrogen-bond acceptors (Lipinski definition) is 6. The summed E-state index contributed by atoms with van der Waals surface area (Å²) in [6.07, 6.45) is 5.47. The Balaban J connectivity index is 1.64. The molecule has 3 heterocycles. The standard InChI is InChI=1S/C20H21ClN4O2S2/c1-3-10-25-19(27)15-12-6-4-8-14(12)29-18(15)24-20(25)28-11(2)17(26)23-13-7-5-9-22-16(13)21/h5,7,9,11H,3-4,6,8,10H2,1-2H3,(H,23,26). The lowest BCUT2D eigenvalue weighted by molar-refractivity contribution is -0.115. The molecule has 6 nitrogen and oxygen atoms in total. The molecule has 3 aromatic rings. The van der Waals surface area contributed by atoms with Crippen molar-refractivity contribution in [1.82, 2.24) is 14.5 Å². The summed E-state index contributed by atoms with van der Waals surface area (Å²) in [7, 11) is 0. The molecule has 4 rings (SSSR count). The molecule has 0 saturated carbocycles. The summed E-state index contributed by atoms with van der Waals surface area (Å²) in [5.74, 6) is -0.212. The van der Waals surface area contributed by atoms with Crippen LogP contribution < -0.4 is 10.9 Å². The number of fused-ring (bicyclic) bond motifs is 3. The molecule has 1 aliphatic carbocycles. The molecule has 1 atom stereocenters. The number of hydrogen-bond donors (Lipinski definition) is 1. The van der Waals surface area contributed by atoms with E-state index in [9.17, 15) is 9.59 Å². The first-order valence-corrected chi connectivity index (χ1v) is 11.7. The topological polar surface area (TPSA) is 76.9 Å². The molecule has 1 unspecified atom stereocenters. The average molecular weight is 449 g/mol. The summed E-state index contributed by atoms with van der Waals surface area (Å²) >= 11 is 8.95. The fourth-order valence-electron chi connectivity index (χ4n) is 3.49. The van der Waals surface area contributed by atoms with Crippen molar-refractivity contribution < 1.29 is 4.79 Å². The minimum atomic E-state index is -0.453. The lowest BCUT2D eigenvalue weighted by Gasteiger charge is -2.15. The third-order valence-corrected chi connectivity index (χ3v) is 7.48. The zero-order valence-corrected chi connectivity index (χ0v) is 18.6. The lowest BCUT2D eigenvalue weighted by Crippen LogP contribution is -2.27. The van der Waals surface area contributed by atoms with Gasteiger partial charge in [-0.2, -0.15) is 0 Å². The highest BCUT2D eigenvalue weighted by Crippen LogP contribution is 2.36. The van der Waals surface area contributed by atoms with Gasteiger partial charge in [0, 0.05) is 17.6 Å². The number of rotatable bonds is 6.